The highest BCUT2D eigenvalue weighted by molar-refractivity contribution is 5.76. The van der Waals surface area contributed by atoms with Crippen LogP contribution in [0.5, 0.6) is 11.5 Å². The van der Waals surface area contributed by atoms with E-state index in [1.165, 1.54) is 0 Å². The zero-order valence-corrected chi connectivity index (χ0v) is 8.81. The SMILES string of the molecule is Oc1ccc2c(c1-c1ccccc1)CCO2. The molecule has 1 aliphatic rings. The van der Waals surface area contributed by atoms with Crippen LogP contribution in [0.15, 0.2) is 42.5 Å². The fourth-order valence-electron chi connectivity index (χ4n) is 2.19. The zero-order chi connectivity index (χ0) is 11.0. The van der Waals surface area contributed by atoms with E-state index in [0.29, 0.717) is 12.4 Å². The Hall–Kier alpha value is -1.96. The summed E-state index contributed by atoms with van der Waals surface area (Å²) in [5, 5.41) is 9.97. The highest BCUT2D eigenvalue weighted by Gasteiger charge is 2.19. The van der Waals surface area contributed by atoms with Crippen molar-refractivity contribution in [3.05, 3.63) is 48.0 Å². The van der Waals surface area contributed by atoms with Crippen LogP contribution in [0.4, 0.5) is 0 Å². The summed E-state index contributed by atoms with van der Waals surface area (Å²) >= 11 is 0. The number of phenolic OH excluding ortho intramolecular Hbond substituents is 1. The Bertz CT molecular complexity index is 518. The summed E-state index contributed by atoms with van der Waals surface area (Å²) in [6.07, 6.45) is 0.869. The molecule has 0 radical (unpaired) electrons. The largest absolute Gasteiger partial charge is 0.507 e. The highest BCUT2D eigenvalue weighted by atomic mass is 16.5. The normalized spacial score (nSPS) is 13.2. The number of ether oxygens (including phenoxy) is 1. The van der Waals surface area contributed by atoms with E-state index >= 15 is 0 Å². The molecule has 0 spiro atoms. The molecule has 0 aliphatic carbocycles. The van der Waals surface area contributed by atoms with Gasteiger partial charge in [0.1, 0.15) is 11.5 Å². The molecule has 16 heavy (non-hydrogen) atoms. The maximum Gasteiger partial charge on any atom is 0.123 e. The van der Waals surface area contributed by atoms with Crippen LogP contribution < -0.4 is 4.74 Å². The molecule has 0 fully saturated rings. The van der Waals surface area contributed by atoms with Crippen molar-refractivity contribution in [2.45, 2.75) is 6.42 Å². The second kappa shape index (κ2) is 3.56. The van der Waals surface area contributed by atoms with Crippen molar-refractivity contribution >= 4 is 0 Å². The lowest BCUT2D eigenvalue weighted by Crippen LogP contribution is -1.87. The van der Waals surface area contributed by atoms with Gasteiger partial charge in [-0.05, 0) is 17.7 Å². The Morgan fingerprint density at radius 1 is 1.00 bits per heavy atom. The topological polar surface area (TPSA) is 29.5 Å². The number of phenols is 1. The summed E-state index contributed by atoms with van der Waals surface area (Å²) in [5.41, 5.74) is 3.07. The van der Waals surface area contributed by atoms with E-state index in [1.807, 2.05) is 36.4 Å². The van der Waals surface area contributed by atoms with Crippen molar-refractivity contribution in [1.29, 1.82) is 0 Å². The van der Waals surface area contributed by atoms with Gasteiger partial charge in [-0.2, -0.15) is 0 Å². The fraction of sp³-hybridized carbons (Fsp3) is 0.143. The van der Waals surface area contributed by atoms with Gasteiger partial charge in [-0.25, -0.2) is 0 Å². The Balaban J connectivity index is 2.24. The average Bonchev–Trinajstić information content (AvgIpc) is 2.78. The zero-order valence-electron chi connectivity index (χ0n) is 8.81. The van der Waals surface area contributed by atoms with Crippen LogP contribution >= 0.6 is 0 Å². The van der Waals surface area contributed by atoms with Crippen LogP contribution in [-0.2, 0) is 6.42 Å². The van der Waals surface area contributed by atoms with Crippen molar-refractivity contribution in [3.63, 3.8) is 0 Å². The summed E-state index contributed by atoms with van der Waals surface area (Å²) < 4.78 is 5.50. The number of hydrogen-bond acceptors (Lipinski definition) is 2. The minimum atomic E-state index is 0.329. The monoisotopic (exact) mass is 212 g/mol. The van der Waals surface area contributed by atoms with Crippen LogP contribution in [0.3, 0.4) is 0 Å². The van der Waals surface area contributed by atoms with E-state index in [0.717, 1.165) is 28.9 Å². The Kier molecular flexibility index (Phi) is 2.07. The smallest absolute Gasteiger partial charge is 0.123 e. The van der Waals surface area contributed by atoms with Crippen LogP contribution in [0, 0.1) is 0 Å². The molecule has 0 unspecified atom stereocenters. The van der Waals surface area contributed by atoms with E-state index in [1.54, 1.807) is 6.07 Å². The predicted octanol–water partition coefficient (Wildman–Crippen LogP) is 2.99. The molecule has 0 saturated heterocycles. The first-order chi connectivity index (χ1) is 7.86. The first kappa shape index (κ1) is 9.28. The van der Waals surface area contributed by atoms with E-state index in [2.05, 4.69) is 0 Å². The number of rotatable bonds is 1. The van der Waals surface area contributed by atoms with Crippen molar-refractivity contribution in [1.82, 2.24) is 0 Å². The van der Waals surface area contributed by atoms with Crippen molar-refractivity contribution in [2.24, 2.45) is 0 Å². The van der Waals surface area contributed by atoms with Gasteiger partial charge in [0, 0.05) is 17.5 Å². The first-order valence-corrected chi connectivity index (χ1v) is 5.39. The molecule has 2 heteroatoms. The predicted molar refractivity (Wildman–Crippen MR) is 62.7 cm³/mol. The van der Waals surface area contributed by atoms with Gasteiger partial charge < -0.3 is 9.84 Å². The van der Waals surface area contributed by atoms with Gasteiger partial charge in [-0.3, -0.25) is 0 Å². The average molecular weight is 212 g/mol. The summed E-state index contributed by atoms with van der Waals surface area (Å²) in [6.45, 7) is 0.707. The van der Waals surface area contributed by atoms with Crippen LogP contribution in [0.2, 0.25) is 0 Å². The molecule has 0 amide bonds. The number of hydrogen-bond donors (Lipinski definition) is 1. The highest BCUT2D eigenvalue weighted by Crippen LogP contribution is 2.40. The van der Waals surface area contributed by atoms with Gasteiger partial charge in [0.25, 0.3) is 0 Å². The molecule has 3 rings (SSSR count). The van der Waals surface area contributed by atoms with Gasteiger partial charge in [0.2, 0.25) is 0 Å². The maximum atomic E-state index is 9.97. The summed E-state index contributed by atoms with van der Waals surface area (Å²) in [6, 6.07) is 13.5. The Labute approximate surface area is 94.1 Å². The molecule has 2 aromatic carbocycles. The quantitative estimate of drug-likeness (QED) is 0.787. The third-order valence-corrected chi connectivity index (χ3v) is 2.92. The molecule has 1 heterocycles. The summed E-state index contributed by atoms with van der Waals surface area (Å²) in [5.74, 6) is 1.23. The molecule has 0 saturated carbocycles. The molecule has 0 bridgehead atoms. The molecule has 1 aliphatic heterocycles. The summed E-state index contributed by atoms with van der Waals surface area (Å²) in [7, 11) is 0. The van der Waals surface area contributed by atoms with Gasteiger partial charge in [0.15, 0.2) is 0 Å². The van der Waals surface area contributed by atoms with Gasteiger partial charge in [-0.15, -0.1) is 0 Å². The fourth-order valence-corrected chi connectivity index (χ4v) is 2.19. The molecule has 0 aromatic heterocycles. The minimum absolute atomic E-state index is 0.329. The second-order valence-corrected chi connectivity index (χ2v) is 3.90. The van der Waals surface area contributed by atoms with Crippen molar-refractivity contribution in [3.8, 4) is 22.6 Å². The summed E-state index contributed by atoms with van der Waals surface area (Å²) in [4.78, 5) is 0. The molecule has 2 aromatic rings. The number of aromatic hydroxyl groups is 1. The lowest BCUT2D eigenvalue weighted by Gasteiger charge is -2.09. The van der Waals surface area contributed by atoms with Crippen molar-refractivity contribution < 1.29 is 9.84 Å². The first-order valence-electron chi connectivity index (χ1n) is 5.39. The van der Waals surface area contributed by atoms with Crippen molar-refractivity contribution in [2.75, 3.05) is 6.61 Å². The molecular formula is C14H12O2. The van der Waals surface area contributed by atoms with Crippen LogP contribution in [0.25, 0.3) is 11.1 Å². The third kappa shape index (κ3) is 1.34. The lowest BCUT2D eigenvalue weighted by molar-refractivity contribution is 0.356. The molecule has 2 nitrogen and oxygen atoms in total. The van der Waals surface area contributed by atoms with E-state index in [4.69, 9.17) is 4.74 Å². The number of fused-ring (bicyclic) bond motifs is 1. The second-order valence-electron chi connectivity index (χ2n) is 3.90. The minimum Gasteiger partial charge on any atom is -0.507 e. The maximum absolute atomic E-state index is 9.97. The van der Waals surface area contributed by atoms with E-state index < -0.39 is 0 Å². The molecule has 1 N–H and O–H groups in total. The Morgan fingerprint density at radius 3 is 2.62 bits per heavy atom. The molecule has 80 valence electrons. The van der Waals surface area contributed by atoms with Gasteiger partial charge in [0.05, 0.1) is 6.61 Å². The standard InChI is InChI=1S/C14H12O2/c15-12-6-7-13-11(8-9-16-13)14(12)10-4-2-1-3-5-10/h1-7,15H,8-9H2. The van der Waals surface area contributed by atoms with E-state index in [9.17, 15) is 5.11 Å². The molecular weight excluding hydrogens is 200 g/mol. The third-order valence-electron chi connectivity index (χ3n) is 2.92. The lowest BCUT2D eigenvalue weighted by atomic mass is 9.97. The van der Waals surface area contributed by atoms with Gasteiger partial charge >= 0.3 is 0 Å². The van der Waals surface area contributed by atoms with Crippen LogP contribution in [-0.4, -0.2) is 11.7 Å². The van der Waals surface area contributed by atoms with Gasteiger partial charge in [-0.1, -0.05) is 30.3 Å². The van der Waals surface area contributed by atoms with Crippen LogP contribution in [0.1, 0.15) is 5.56 Å². The molecule has 0 atom stereocenters. The number of benzene rings is 2. The van der Waals surface area contributed by atoms with E-state index in [-0.39, 0.29) is 0 Å². The Morgan fingerprint density at radius 2 is 1.81 bits per heavy atom.